The summed E-state index contributed by atoms with van der Waals surface area (Å²) in [5.74, 6) is -0.204. The molecular formula is C8H13NO5. The second kappa shape index (κ2) is 3.47. The zero-order chi connectivity index (χ0) is 10.3. The molecule has 6 heteroatoms. The average Bonchev–Trinajstić information content (AvgIpc) is 2.52. The summed E-state index contributed by atoms with van der Waals surface area (Å²) in [5.41, 5.74) is 0. The molecule has 1 unspecified atom stereocenters. The van der Waals surface area contributed by atoms with Gasteiger partial charge in [0, 0.05) is 0 Å². The van der Waals surface area contributed by atoms with E-state index in [0.717, 1.165) is 0 Å². The maximum Gasteiger partial charge on any atom is 0.223 e. The van der Waals surface area contributed by atoms with E-state index >= 15 is 0 Å². The van der Waals surface area contributed by atoms with Gasteiger partial charge in [0.2, 0.25) is 5.91 Å². The van der Waals surface area contributed by atoms with Crippen LogP contribution in [0.25, 0.3) is 0 Å². The molecule has 14 heavy (non-hydrogen) atoms. The van der Waals surface area contributed by atoms with Crippen LogP contribution in [0.1, 0.15) is 6.42 Å². The van der Waals surface area contributed by atoms with Gasteiger partial charge in [-0.05, 0) is 0 Å². The van der Waals surface area contributed by atoms with Gasteiger partial charge in [-0.3, -0.25) is 4.79 Å². The largest absolute Gasteiger partial charge is 0.394 e. The third-order valence-electron chi connectivity index (χ3n) is 2.74. The van der Waals surface area contributed by atoms with Gasteiger partial charge in [-0.2, -0.15) is 0 Å². The Kier molecular flexibility index (Phi) is 2.44. The van der Waals surface area contributed by atoms with Crippen LogP contribution in [0.3, 0.4) is 0 Å². The van der Waals surface area contributed by atoms with Gasteiger partial charge < -0.3 is 25.4 Å². The summed E-state index contributed by atoms with van der Waals surface area (Å²) < 4.78 is 5.27. The van der Waals surface area contributed by atoms with Crippen molar-refractivity contribution in [3.63, 3.8) is 0 Å². The quantitative estimate of drug-likeness (QED) is 0.373. The Balaban J connectivity index is 2.13. The summed E-state index contributed by atoms with van der Waals surface area (Å²) in [4.78, 5) is 11.0. The molecule has 0 aromatic carbocycles. The number of rotatable bonds is 1. The number of aliphatic hydroxyl groups is 3. The fourth-order valence-electron chi connectivity index (χ4n) is 1.97. The number of hydrogen-bond donors (Lipinski definition) is 4. The smallest absolute Gasteiger partial charge is 0.223 e. The number of amides is 1. The van der Waals surface area contributed by atoms with E-state index in [9.17, 15) is 15.0 Å². The van der Waals surface area contributed by atoms with Crippen LogP contribution in [0.15, 0.2) is 0 Å². The van der Waals surface area contributed by atoms with Crippen molar-refractivity contribution in [3.8, 4) is 0 Å². The number of hydrogen-bond acceptors (Lipinski definition) is 5. The number of ether oxygens (including phenoxy) is 1. The van der Waals surface area contributed by atoms with Crippen LogP contribution in [-0.4, -0.2) is 58.3 Å². The first kappa shape index (κ1) is 9.85. The zero-order valence-electron chi connectivity index (χ0n) is 7.46. The number of aliphatic hydroxyl groups excluding tert-OH is 3. The molecule has 2 aliphatic heterocycles. The van der Waals surface area contributed by atoms with Crippen molar-refractivity contribution in [1.82, 2.24) is 5.32 Å². The molecule has 0 bridgehead atoms. The molecule has 0 aromatic heterocycles. The fourth-order valence-corrected chi connectivity index (χ4v) is 1.97. The van der Waals surface area contributed by atoms with E-state index in [-0.39, 0.29) is 18.9 Å². The minimum atomic E-state index is -1.15. The van der Waals surface area contributed by atoms with Crippen LogP contribution in [0.5, 0.6) is 0 Å². The van der Waals surface area contributed by atoms with Crippen LogP contribution in [-0.2, 0) is 9.53 Å². The first-order valence-corrected chi connectivity index (χ1v) is 4.55. The molecule has 0 spiro atoms. The lowest BCUT2D eigenvalue weighted by atomic mass is 9.94. The molecule has 2 heterocycles. The van der Waals surface area contributed by atoms with Gasteiger partial charge in [-0.25, -0.2) is 0 Å². The summed E-state index contributed by atoms with van der Waals surface area (Å²) in [7, 11) is 0. The summed E-state index contributed by atoms with van der Waals surface area (Å²) >= 11 is 0. The molecule has 2 saturated heterocycles. The van der Waals surface area contributed by atoms with Gasteiger partial charge in [-0.15, -0.1) is 0 Å². The third kappa shape index (κ3) is 1.40. The predicted octanol–water partition coefficient (Wildman–Crippen LogP) is -2.64. The number of fused-ring (bicyclic) bond motifs is 1. The first-order chi connectivity index (χ1) is 6.63. The van der Waals surface area contributed by atoms with Crippen molar-refractivity contribution in [1.29, 1.82) is 0 Å². The molecule has 1 amide bonds. The minimum Gasteiger partial charge on any atom is -0.394 e. The lowest BCUT2D eigenvalue weighted by molar-refractivity contribution is -0.184. The highest BCUT2D eigenvalue weighted by Crippen LogP contribution is 2.26. The lowest BCUT2D eigenvalue weighted by Crippen LogP contribution is -2.59. The minimum absolute atomic E-state index is 0.172. The lowest BCUT2D eigenvalue weighted by Gasteiger charge is -2.38. The maximum atomic E-state index is 11.0. The van der Waals surface area contributed by atoms with Crippen LogP contribution >= 0.6 is 0 Å². The van der Waals surface area contributed by atoms with E-state index in [1.807, 2.05) is 0 Å². The van der Waals surface area contributed by atoms with E-state index in [1.54, 1.807) is 0 Å². The zero-order valence-corrected chi connectivity index (χ0v) is 7.46. The van der Waals surface area contributed by atoms with Crippen molar-refractivity contribution >= 4 is 5.91 Å². The standard InChI is InChI=1S/C8H13NO5/c10-2-4-7(12)8(13)6-3(14-4)1-5(11)9-6/h3-4,6-8,10,12-13H,1-2H2,(H,9,11)/t3?,4-,6+,7-,8-/m1/s1. The monoisotopic (exact) mass is 203 g/mol. The maximum absolute atomic E-state index is 11.0. The molecule has 2 rings (SSSR count). The van der Waals surface area contributed by atoms with E-state index < -0.39 is 30.5 Å². The molecular weight excluding hydrogens is 190 g/mol. The normalized spacial score (nSPS) is 47.4. The van der Waals surface area contributed by atoms with Crippen molar-refractivity contribution in [2.45, 2.75) is 36.9 Å². The van der Waals surface area contributed by atoms with Crippen LogP contribution in [0.2, 0.25) is 0 Å². The molecule has 80 valence electrons. The second-order valence-electron chi connectivity index (χ2n) is 3.67. The van der Waals surface area contributed by atoms with Crippen molar-refractivity contribution in [2.75, 3.05) is 6.61 Å². The molecule has 0 aliphatic carbocycles. The molecule has 0 saturated carbocycles. The topological polar surface area (TPSA) is 99.0 Å². The Hall–Kier alpha value is -0.690. The Morgan fingerprint density at radius 1 is 1.43 bits per heavy atom. The highest BCUT2D eigenvalue weighted by molar-refractivity contribution is 5.79. The Morgan fingerprint density at radius 2 is 2.14 bits per heavy atom. The van der Waals surface area contributed by atoms with E-state index in [1.165, 1.54) is 0 Å². The van der Waals surface area contributed by atoms with E-state index in [0.29, 0.717) is 0 Å². The molecule has 0 aromatic rings. The molecule has 4 N–H and O–H groups in total. The van der Waals surface area contributed by atoms with Crippen LogP contribution in [0.4, 0.5) is 0 Å². The summed E-state index contributed by atoms with van der Waals surface area (Å²) in [5, 5.41) is 30.5. The Labute approximate surface area is 80.5 Å². The van der Waals surface area contributed by atoms with Crippen LogP contribution in [0, 0.1) is 0 Å². The molecule has 0 radical (unpaired) electrons. The van der Waals surface area contributed by atoms with Gasteiger partial charge in [0.15, 0.2) is 0 Å². The van der Waals surface area contributed by atoms with Gasteiger partial charge >= 0.3 is 0 Å². The SMILES string of the molecule is O=C1CC2O[C@H](CO)[C@@H](O)[C@H](O)[C@H]2N1. The molecule has 2 aliphatic rings. The van der Waals surface area contributed by atoms with Gasteiger partial charge in [0.05, 0.1) is 25.2 Å². The highest BCUT2D eigenvalue weighted by atomic mass is 16.5. The third-order valence-corrected chi connectivity index (χ3v) is 2.74. The summed E-state index contributed by atoms with van der Waals surface area (Å²) in [6.07, 6.45) is -3.31. The fraction of sp³-hybridized carbons (Fsp3) is 0.875. The number of carbonyl (C=O) groups excluding carboxylic acids is 1. The van der Waals surface area contributed by atoms with E-state index in [4.69, 9.17) is 9.84 Å². The number of carbonyl (C=O) groups is 1. The van der Waals surface area contributed by atoms with Crippen molar-refractivity contribution < 1.29 is 24.9 Å². The molecule has 6 nitrogen and oxygen atoms in total. The van der Waals surface area contributed by atoms with Crippen molar-refractivity contribution in [2.24, 2.45) is 0 Å². The second-order valence-corrected chi connectivity index (χ2v) is 3.67. The van der Waals surface area contributed by atoms with Gasteiger partial charge in [0.1, 0.15) is 18.3 Å². The summed E-state index contributed by atoms with van der Waals surface area (Å²) in [6.45, 7) is -0.365. The molecule has 2 fully saturated rings. The highest BCUT2D eigenvalue weighted by Gasteiger charge is 2.48. The van der Waals surface area contributed by atoms with Gasteiger partial charge in [0.25, 0.3) is 0 Å². The van der Waals surface area contributed by atoms with Crippen molar-refractivity contribution in [3.05, 3.63) is 0 Å². The Bertz CT molecular complexity index is 246. The van der Waals surface area contributed by atoms with E-state index in [2.05, 4.69) is 5.32 Å². The van der Waals surface area contributed by atoms with Gasteiger partial charge in [-0.1, -0.05) is 0 Å². The number of nitrogens with one attached hydrogen (secondary N) is 1. The average molecular weight is 203 g/mol. The Morgan fingerprint density at radius 3 is 2.79 bits per heavy atom. The predicted molar refractivity (Wildman–Crippen MR) is 44.3 cm³/mol. The summed E-state index contributed by atoms with van der Waals surface area (Å²) in [6, 6.07) is -0.555. The first-order valence-electron chi connectivity index (χ1n) is 4.55. The van der Waals surface area contributed by atoms with Crippen LogP contribution < -0.4 is 5.32 Å². The molecule has 5 atom stereocenters.